The van der Waals surface area contributed by atoms with Gasteiger partial charge in [0.05, 0.1) is 10.2 Å². The van der Waals surface area contributed by atoms with Gasteiger partial charge in [-0.25, -0.2) is 9.78 Å². The van der Waals surface area contributed by atoms with Crippen molar-refractivity contribution in [3.8, 4) is 0 Å². The molecule has 0 radical (unpaired) electrons. The van der Waals surface area contributed by atoms with Crippen LogP contribution in [0.4, 0.5) is 21.3 Å². The molecule has 3 amide bonds. The van der Waals surface area contributed by atoms with Crippen molar-refractivity contribution in [3.05, 3.63) is 47.5 Å². The predicted octanol–water partition coefficient (Wildman–Crippen LogP) is 4.77. The average molecular weight is 368 g/mol. The van der Waals surface area contributed by atoms with E-state index in [1.165, 1.54) is 23.8 Å². The smallest absolute Gasteiger partial charge is 0.308 e. The molecule has 0 saturated heterocycles. The third-order valence-electron chi connectivity index (χ3n) is 3.85. The molecule has 1 aromatic heterocycles. The molecular formula is C19H20N4O2S. The standard InChI is InChI=1S/C19H20N4O2S/c1-4-13-5-7-14(8-6-13)21-18(25)22-15-9-11(2)17-16(10-15)26-19(23-17)20-12(3)24/h5-10H,4H2,1-3H3,(H,20,23,24)(H2,21,22,25). The molecule has 0 fully saturated rings. The number of aryl methyl sites for hydroxylation is 2. The molecule has 134 valence electrons. The number of nitrogens with zero attached hydrogens (tertiary/aromatic N) is 1. The fraction of sp³-hybridized carbons (Fsp3) is 0.211. The number of hydrogen-bond donors (Lipinski definition) is 3. The van der Waals surface area contributed by atoms with Gasteiger partial charge in [0.25, 0.3) is 0 Å². The second-order valence-electron chi connectivity index (χ2n) is 5.97. The van der Waals surface area contributed by atoms with Gasteiger partial charge in [-0.15, -0.1) is 0 Å². The molecule has 0 unspecified atom stereocenters. The summed E-state index contributed by atoms with van der Waals surface area (Å²) < 4.78 is 0.899. The van der Waals surface area contributed by atoms with Crippen LogP contribution < -0.4 is 16.0 Å². The summed E-state index contributed by atoms with van der Waals surface area (Å²) in [5.41, 5.74) is 4.38. The van der Waals surface area contributed by atoms with E-state index < -0.39 is 0 Å². The van der Waals surface area contributed by atoms with Crippen molar-refractivity contribution >= 4 is 50.0 Å². The Balaban J connectivity index is 1.74. The summed E-state index contributed by atoms with van der Waals surface area (Å²) in [6.07, 6.45) is 0.959. The summed E-state index contributed by atoms with van der Waals surface area (Å²) in [6.45, 7) is 5.46. The molecule has 0 atom stereocenters. The molecular weight excluding hydrogens is 348 g/mol. The quantitative estimate of drug-likeness (QED) is 0.620. The van der Waals surface area contributed by atoms with Crippen LogP contribution in [0.5, 0.6) is 0 Å². The number of carbonyl (C=O) groups is 2. The molecule has 7 heteroatoms. The van der Waals surface area contributed by atoms with Crippen LogP contribution in [0.15, 0.2) is 36.4 Å². The summed E-state index contributed by atoms with van der Waals surface area (Å²) in [5.74, 6) is -0.159. The Labute approximate surface area is 155 Å². The maximum Gasteiger partial charge on any atom is 0.323 e. The number of rotatable bonds is 4. The van der Waals surface area contributed by atoms with Gasteiger partial charge in [0.15, 0.2) is 5.13 Å². The second-order valence-corrected chi connectivity index (χ2v) is 7.00. The van der Waals surface area contributed by atoms with Crippen LogP contribution in [0.3, 0.4) is 0 Å². The van der Waals surface area contributed by atoms with Crippen LogP contribution in [-0.2, 0) is 11.2 Å². The van der Waals surface area contributed by atoms with Gasteiger partial charge in [-0.1, -0.05) is 30.4 Å². The number of aromatic nitrogens is 1. The molecule has 0 saturated carbocycles. The number of nitrogens with one attached hydrogen (secondary N) is 3. The van der Waals surface area contributed by atoms with Gasteiger partial charge in [-0.05, 0) is 48.7 Å². The maximum atomic E-state index is 12.2. The van der Waals surface area contributed by atoms with Crippen LogP contribution >= 0.6 is 11.3 Å². The minimum Gasteiger partial charge on any atom is -0.308 e. The topological polar surface area (TPSA) is 83.1 Å². The highest BCUT2D eigenvalue weighted by atomic mass is 32.1. The third kappa shape index (κ3) is 4.18. The highest BCUT2D eigenvalue weighted by molar-refractivity contribution is 7.22. The molecule has 0 aliphatic heterocycles. The molecule has 1 heterocycles. The SMILES string of the molecule is CCc1ccc(NC(=O)Nc2cc(C)c3nc(NC(C)=O)sc3c2)cc1. The Morgan fingerprint density at radius 3 is 2.38 bits per heavy atom. The Bertz CT molecular complexity index is 964. The van der Waals surface area contributed by atoms with Gasteiger partial charge in [0, 0.05) is 18.3 Å². The number of carbonyl (C=O) groups excluding carboxylic acids is 2. The number of hydrogen-bond acceptors (Lipinski definition) is 4. The van der Waals surface area contributed by atoms with Gasteiger partial charge in [-0.3, -0.25) is 4.79 Å². The van der Waals surface area contributed by atoms with Gasteiger partial charge in [0.2, 0.25) is 5.91 Å². The summed E-state index contributed by atoms with van der Waals surface area (Å²) in [4.78, 5) is 27.8. The third-order valence-corrected chi connectivity index (χ3v) is 4.76. The predicted molar refractivity (Wildman–Crippen MR) is 107 cm³/mol. The lowest BCUT2D eigenvalue weighted by atomic mass is 10.1. The highest BCUT2D eigenvalue weighted by Gasteiger charge is 2.11. The summed E-state index contributed by atoms with van der Waals surface area (Å²) in [5, 5.41) is 8.91. The van der Waals surface area contributed by atoms with E-state index in [4.69, 9.17) is 0 Å². The number of amides is 3. The number of benzene rings is 2. The summed E-state index contributed by atoms with van der Waals surface area (Å²) >= 11 is 1.37. The average Bonchev–Trinajstić information content (AvgIpc) is 2.97. The monoisotopic (exact) mass is 368 g/mol. The maximum absolute atomic E-state index is 12.2. The molecule has 6 nitrogen and oxygen atoms in total. The molecule has 0 aliphatic carbocycles. The van der Waals surface area contributed by atoms with Crippen LogP contribution in [0.1, 0.15) is 25.0 Å². The van der Waals surface area contributed by atoms with E-state index in [9.17, 15) is 9.59 Å². The summed E-state index contributed by atoms with van der Waals surface area (Å²) in [6, 6.07) is 11.2. The number of urea groups is 1. The lowest BCUT2D eigenvalue weighted by Gasteiger charge is -2.09. The van der Waals surface area contributed by atoms with Crippen molar-refractivity contribution in [2.75, 3.05) is 16.0 Å². The molecule has 0 bridgehead atoms. The van der Waals surface area contributed by atoms with Gasteiger partial charge >= 0.3 is 6.03 Å². The van der Waals surface area contributed by atoms with Crippen molar-refractivity contribution < 1.29 is 9.59 Å². The van der Waals surface area contributed by atoms with Crippen molar-refractivity contribution in [2.24, 2.45) is 0 Å². The highest BCUT2D eigenvalue weighted by Crippen LogP contribution is 2.31. The van der Waals surface area contributed by atoms with Crippen LogP contribution in [0.2, 0.25) is 0 Å². The Hall–Kier alpha value is -2.93. The first-order valence-corrected chi connectivity index (χ1v) is 9.12. The number of thiazole rings is 1. The van der Waals surface area contributed by atoms with Crippen LogP contribution in [-0.4, -0.2) is 16.9 Å². The summed E-state index contributed by atoms with van der Waals surface area (Å²) in [7, 11) is 0. The first-order chi connectivity index (χ1) is 12.4. The normalized spacial score (nSPS) is 10.6. The first-order valence-electron chi connectivity index (χ1n) is 8.30. The van der Waals surface area contributed by atoms with E-state index in [0.29, 0.717) is 10.8 Å². The van der Waals surface area contributed by atoms with Crippen LogP contribution in [0, 0.1) is 6.92 Å². The zero-order chi connectivity index (χ0) is 18.7. The first kappa shape index (κ1) is 17.9. The van der Waals surface area contributed by atoms with E-state index in [-0.39, 0.29) is 11.9 Å². The van der Waals surface area contributed by atoms with E-state index in [1.807, 2.05) is 43.3 Å². The van der Waals surface area contributed by atoms with E-state index in [2.05, 4.69) is 27.9 Å². The molecule has 0 spiro atoms. The van der Waals surface area contributed by atoms with Crippen molar-refractivity contribution in [2.45, 2.75) is 27.2 Å². The Morgan fingerprint density at radius 1 is 1.04 bits per heavy atom. The second kappa shape index (κ2) is 7.53. The lowest BCUT2D eigenvalue weighted by molar-refractivity contribution is -0.114. The molecule has 2 aromatic carbocycles. The van der Waals surface area contributed by atoms with Gasteiger partial charge in [-0.2, -0.15) is 0 Å². The largest absolute Gasteiger partial charge is 0.323 e. The van der Waals surface area contributed by atoms with Gasteiger partial charge in [0.1, 0.15) is 0 Å². The molecule has 3 aromatic rings. The van der Waals surface area contributed by atoms with Crippen molar-refractivity contribution in [3.63, 3.8) is 0 Å². The lowest BCUT2D eigenvalue weighted by Crippen LogP contribution is -2.19. The minimum atomic E-state index is -0.306. The fourth-order valence-corrected chi connectivity index (χ4v) is 3.62. The fourth-order valence-electron chi connectivity index (χ4n) is 2.59. The molecule has 3 N–H and O–H groups in total. The van der Waals surface area contributed by atoms with E-state index >= 15 is 0 Å². The van der Waals surface area contributed by atoms with Crippen molar-refractivity contribution in [1.82, 2.24) is 4.98 Å². The van der Waals surface area contributed by atoms with E-state index in [0.717, 1.165) is 27.9 Å². The zero-order valence-corrected chi connectivity index (χ0v) is 15.7. The molecule has 0 aliphatic rings. The number of anilines is 3. The zero-order valence-electron chi connectivity index (χ0n) is 14.8. The Kier molecular flexibility index (Phi) is 5.18. The molecule has 3 rings (SSSR count). The minimum absolute atomic E-state index is 0.159. The molecule has 26 heavy (non-hydrogen) atoms. The van der Waals surface area contributed by atoms with Gasteiger partial charge < -0.3 is 16.0 Å². The number of fused-ring (bicyclic) bond motifs is 1. The van der Waals surface area contributed by atoms with E-state index in [1.54, 1.807) is 0 Å². The Morgan fingerprint density at radius 2 is 1.73 bits per heavy atom. The van der Waals surface area contributed by atoms with Crippen molar-refractivity contribution in [1.29, 1.82) is 0 Å². The van der Waals surface area contributed by atoms with Crippen LogP contribution in [0.25, 0.3) is 10.2 Å².